The number of halogens is 1. The van der Waals surface area contributed by atoms with Gasteiger partial charge in [0.25, 0.3) is 0 Å². The van der Waals surface area contributed by atoms with Crippen LogP contribution in [-0.4, -0.2) is 6.54 Å². The lowest BCUT2D eigenvalue weighted by atomic mass is 10.00. The molecule has 0 amide bonds. The van der Waals surface area contributed by atoms with Crippen LogP contribution in [-0.2, 0) is 0 Å². The van der Waals surface area contributed by atoms with Crippen molar-refractivity contribution in [3.63, 3.8) is 0 Å². The van der Waals surface area contributed by atoms with Gasteiger partial charge in [-0.25, -0.2) is 0 Å². The Bertz CT molecular complexity index is 492. The molecule has 0 saturated heterocycles. The summed E-state index contributed by atoms with van der Waals surface area (Å²) in [6, 6.07) is 13.2. The molecule has 1 atom stereocenters. The number of aryl methyl sites for hydroxylation is 1. The second kappa shape index (κ2) is 5.80. The molecule has 1 aromatic carbocycles. The molecule has 0 spiro atoms. The van der Waals surface area contributed by atoms with Crippen molar-refractivity contribution < 1.29 is 0 Å². The molecule has 1 heterocycles. The Morgan fingerprint density at radius 2 is 2.00 bits per heavy atom. The van der Waals surface area contributed by atoms with Crippen LogP contribution in [0.25, 0.3) is 0 Å². The van der Waals surface area contributed by atoms with Crippen LogP contribution in [0.5, 0.6) is 0 Å². The van der Waals surface area contributed by atoms with Crippen LogP contribution in [0.2, 0.25) is 0 Å². The first kappa shape index (κ1) is 12.8. The van der Waals surface area contributed by atoms with E-state index in [1.165, 1.54) is 19.8 Å². The van der Waals surface area contributed by atoms with Gasteiger partial charge in [0.2, 0.25) is 0 Å². The Kier molecular flexibility index (Phi) is 4.37. The third-order valence-electron chi connectivity index (χ3n) is 2.79. The van der Waals surface area contributed by atoms with Crippen molar-refractivity contribution >= 4 is 27.3 Å². The van der Waals surface area contributed by atoms with Gasteiger partial charge in [0.05, 0.1) is 9.83 Å². The fourth-order valence-corrected chi connectivity index (χ4v) is 3.48. The molecule has 1 N–H and O–H groups in total. The maximum Gasteiger partial charge on any atom is 0.0702 e. The maximum atomic E-state index is 3.56. The summed E-state index contributed by atoms with van der Waals surface area (Å²) in [7, 11) is 0. The minimum absolute atomic E-state index is 0.303. The van der Waals surface area contributed by atoms with Gasteiger partial charge < -0.3 is 5.32 Å². The minimum atomic E-state index is 0.303. The van der Waals surface area contributed by atoms with Gasteiger partial charge in [-0.1, -0.05) is 31.2 Å². The quantitative estimate of drug-likeness (QED) is 0.875. The molecule has 0 fully saturated rings. The highest BCUT2D eigenvalue weighted by atomic mass is 79.9. The van der Waals surface area contributed by atoms with E-state index >= 15 is 0 Å². The minimum Gasteiger partial charge on any atom is -0.306 e. The maximum absolute atomic E-state index is 3.56. The summed E-state index contributed by atoms with van der Waals surface area (Å²) in [4.78, 5) is 1.35. The third-order valence-corrected chi connectivity index (χ3v) is 4.47. The summed E-state index contributed by atoms with van der Waals surface area (Å²) < 4.78 is 1.18. The van der Waals surface area contributed by atoms with Gasteiger partial charge in [-0.3, -0.25) is 0 Å². The Hall–Kier alpha value is -0.640. The van der Waals surface area contributed by atoms with Crippen LogP contribution < -0.4 is 5.32 Å². The van der Waals surface area contributed by atoms with Gasteiger partial charge >= 0.3 is 0 Å². The van der Waals surface area contributed by atoms with Gasteiger partial charge in [-0.15, -0.1) is 11.3 Å². The van der Waals surface area contributed by atoms with Crippen LogP contribution in [0.1, 0.15) is 29.0 Å². The second-order valence-corrected chi connectivity index (χ2v) is 6.48. The van der Waals surface area contributed by atoms with Crippen molar-refractivity contribution in [2.24, 2.45) is 0 Å². The van der Waals surface area contributed by atoms with Crippen molar-refractivity contribution in [1.29, 1.82) is 0 Å². The molecule has 0 saturated carbocycles. The molecule has 1 unspecified atom stereocenters. The predicted molar refractivity (Wildman–Crippen MR) is 78.7 cm³/mol. The normalized spacial score (nSPS) is 12.6. The molecule has 17 heavy (non-hydrogen) atoms. The van der Waals surface area contributed by atoms with E-state index < -0.39 is 0 Å². The van der Waals surface area contributed by atoms with Crippen molar-refractivity contribution in [3.8, 4) is 0 Å². The molecule has 0 aliphatic rings. The van der Waals surface area contributed by atoms with Crippen molar-refractivity contribution in [1.82, 2.24) is 5.32 Å². The monoisotopic (exact) mass is 309 g/mol. The third kappa shape index (κ3) is 2.97. The van der Waals surface area contributed by atoms with Gasteiger partial charge in [0.1, 0.15) is 0 Å². The molecule has 1 aromatic heterocycles. The summed E-state index contributed by atoms with van der Waals surface area (Å²) in [6.45, 7) is 5.28. The zero-order chi connectivity index (χ0) is 12.3. The van der Waals surface area contributed by atoms with Gasteiger partial charge in [-0.05, 0) is 52.7 Å². The SMILES string of the molecule is CCNC(c1ccc(Br)s1)c1ccccc1C. The standard InChI is InChI=1S/C14H16BrNS/c1-3-16-14(12-8-9-13(15)17-12)11-7-5-4-6-10(11)2/h4-9,14,16H,3H2,1-2H3. The molecule has 0 bridgehead atoms. The topological polar surface area (TPSA) is 12.0 Å². The molecule has 0 radical (unpaired) electrons. The van der Waals surface area contributed by atoms with E-state index in [1.807, 2.05) is 0 Å². The number of thiophene rings is 1. The molecule has 3 heteroatoms. The highest BCUT2D eigenvalue weighted by Gasteiger charge is 2.16. The number of benzene rings is 1. The highest BCUT2D eigenvalue weighted by Crippen LogP contribution is 2.32. The van der Waals surface area contributed by atoms with E-state index in [1.54, 1.807) is 11.3 Å². The Morgan fingerprint density at radius 1 is 1.24 bits per heavy atom. The fraction of sp³-hybridized carbons (Fsp3) is 0.286. The van der Waals surface area contributed by atoms with E-state index in [9.17, 15) is 0 Å². The van der Waals surface area contributed by atoms with Crippen molar-refractivity contribution in [2.75, 3.05) is 6.54 Å². The predicted octanol–water partition coefficient (Wildman–Crippen LogP) is 4.52. The van der Waals surface area contributed by atoms with Crippen LogP contribution in [0.15, 0.2) is 40.2 Å². The number of nitrogens with one attached hydrogen (secondary N) is 1. The molecule has 90 valence electrons. The molecule has 0 aliphatic carbocycles. The summed E-state index contributed by atoms with van der Waals surface area (Å²) in [5, 5.41) is 3.56. The van der Waals surface area contributed by atoms with E-state index in [4.69, 9.17) is 0 Å². The average molecular weight is 310 g/mol. The molecule has 2 aromatic rings. The zero-order valence-corrected chi connectivity index (χ0v) is 12.4. The van der Waals surface area contributed by atoms with Crippen molar-refractivity contribution in [3.05, 3.63) is 56.2 Å². The van der Waals surface area contributed by atoms with Gasteiger partial charge in [0, 0.05) is 4.88 Å². The lowest BCUT2D eigenvalue weighted by Crippen LogP contribution is -2.21. The number of hydrogen-bond acceptors (Lipinski definition) is 2. The highest BCUT2D eigenvalue weighted by molar-refractivity contribution is 9.11. The smallest absolute Gasteiger partial charge is 0.0702 e. The van der Waals surface area contributed by atoms with Crippen LogP contribution in [0.3, 0.4) is 0 Å². The van der Waals surface area contributed by atoms with E-state index in [2.05, 4.69) is 71.5 Å². The Balaban J connectivity index is 2.39. The molecular formula is C14H16BrNS. The Labute approximate surface area is 115 Å². The van der Waals surface area contributed by atoms with Crippen LogP contribution in [0, 0.1) is 6.92 Å². The Morgan fingerprint density at radius 3 is 2.59 bits per heavy atom. The number of hydrogen-bond donors (Lipinski definition) is 1. The average Bonchev–Trinajstić information content (AvgIpc) is 2.74. The zero-order valence-electron chi connectivity index (χ0n) is 10.0. The largest absolute Gasteiger partial charge is 0.306 e. The molecule has 2 rings (SSSR count). The summed E-state index contributed by atoms with van der Waals surface area (Å²) in [5.74, 6) is 0. The summed E-state index contributed by atoms with van der Waals surface area (Å²) >= 11 is 5.33. The molecular weight excluding hydrogens is 294 g/mol. The molecule has 0 aliphatic heterocycles. The summed E-state index contributed by atoms with van der Waals surface area (Å²) in [6.07, 6.45) is 0. The van der Waals surface area contributed by atoms with E-state index in [0.717, 1.165) is 6.54 Å². The lowest BCUT2D eigenvalue weighted by molar-refractivity contribution is 0.637. The van der Waals surface area contributed by atoms with Crippen LogP contribution in [0.4, 0.5) is 0 Å². The second-order valence-electron chi connectivity index (χ2n) is 3.99. The van der Waals surface area contributed by atoms with Crippen molar-refractivity contribution in [2.45, 2.75) is 19.9 Å². The first-order chi connectivity index (χ1) is 8.22. The van der Waals surface area contributed by atoms with E-state index in [-0.39, 0.29) is 0 Å². The first-order valence-electron chi connectivity index (χ1n) is 5.76. The van der Waals surface area contributed by atoms with Crippen LogP contribution >= 0.6 is 27.3 Å². The number of rotatable bonds is 4. The fourth-order valence-electron chi connectivity index (χ4n) is 1.96. The first-order valence-corrected chi connectivity index (χ1v) is 7.37. The summed E-state index contributed by atoms with van der Waals surface area (Å²) in [5.41, 5.74) is 2.70. The molecule has 1 nitrogen and oxygen atoms in total. The van der Waals surface area contributed by atoms with Gasteiger partial charge in [0.15, 0.2) is 0 Å². The van der Waals surface area contributed by atoms with Gasteiger partial charge in [-0.2, -0.15) is 0 Å². The van der Waals surface area contributed by atoms with E-state index in [0.29, 0.717) is 6.04 Å². The lowest BCUT2D eigenvalue weighted by Gasteiger charge is -2.19.